The number of methoxy groups -OCH3 is 1. The van der Waals surface area contributed by atoms with E-state index in [9.17, 15) is 15.0 Å². The summed E-state index contributed by atoms with van der Waals surface area (Å²) in [5.41, 5.74) is 3.07. The molecule has 0 aliphatic carbocycles. The molecule has 0 amide bonds. The second-order valence-corrected chi connectivity index (χ2v) is 11.9. The van der Waals surface area contributed by atoms with Crippen molar-refractivity contribution in [3.63, 3.8) is 0 Å². The minimum atomic E-state index is -0.730. The topological polar surface area (TPSA) is 82.9 Å². The van der Waals surface area contributed by atoms with E-state index in [0.717, 1.165) is 60.4 Å². The summed E-state index contributed by atoms with van der Waals surface area (Å²) in [5, 5.41) is 23.5. The fourth-order valence-corrected chi connectivity index (χ4v) is 7.41. The molecule has 0 bridgehead atoms. The Labute approximate surface area is 221 Å². The lowest BCUT2D eigenvalue weighted by molar-refractivity contribution is -0.137. The average Bonchev–Trinajstić information content (AvgIpc) is 3.30. The van der Waals surface area contributed by atoms with Crippen LogP contribution in [-0.2, 0) is 4.79 Å². The highest BCUT2D eigenvalue weighted by Gasteiger charge is 2.30. The number of carboxylic acids is 1. The van der Waals surface area contributed by atoms with Crippen molar-refractivity contribution in [1.29, 1.82) is 0 Å². The van der Waals surface area contributed by atoms with Crippen molar-refractivity contribution in [1.82, 2.24) is 9.88 Å². The molecule has 8 heteroatoms. The van der Waals surface area contributed by atoms with Crippen LogP contribution >= 0.6 is 23.1 Å². The lowest BCUT2D eigenvalue weighted by atomic mass is 9.79. The molecular formula is C28H36N2O4S2. The Morgan fingerprint density at radius 2 is 2.14 bits per heavy atom. The van der Waals surface area contributed by atoms with Crippen molar-refractivity contribution < 1.29 is 19.7 Å². The van der Waals surface area contributed by atoms with Crippen LogP contribution in [0.5, 0.6) is 5.75 Å². The molecule has 3 atom stereocenters. The maximum atomic E-state index is 11.3. The number of hydrogen-bond donors (Lipinski definition) is 2. The van der Waals surface area contributed by atoms with Gasteiger partial charge in [0.05, 0.1) is 22.9 Å². The number of aryl methyl sites for hydroxylation is 1. The monoisotopic (exact) mass is 528 g/mol. The predicted octanol–water partition coefficient (Wildman–Crippen LogP) is 6.02. The lowest BCUT2D eigenvalue weighted by Gasteiger charge is -2.39. The number of carboxylic acid groups (broad SMARTS) is 1. The zero-order chi connectivity index (χ0) is 25.5. The van der Waals surface area contributed by atoms with Crippen molar-refractivity contribution in [2.75, 3.05) is 32.5 Å². The molecule has 4 rings (SSSR count). The number of pyridine rings is 1. The molecule has 36 heavy (non-hydrogen) atoms. The average molecular weight is 529 g/mol. The molecule has 1 aliphatic heterocycles. The second-order valence-electron chi connectivity index (χ2n) is 9.66. The van der Waals surface area contributed by atoms with Gasteiger partial charge >= 0.3 is 5.97 Å². The van der Waals surface area contributed by atoms with Crippen molar-refractivity contribution >= 4 is 40.0 Å². The summed E-state index contributed by atoms with van der Waals surface area (Å²) < 4.78 is 6.77. The number of aromatic nitrogens is 1. The molecule has 3 heterocycles. The molecule has 0 unspecified atom stereocenters. The second kappa shape index (κ2) is 12.9. The summed E-state index contributed by atoms with van der Waals surface area (Å²) in [5.74, 6) is 1.83. The number of hydrogen-bond acceptors (Lipinski definition) is 7. The minimum Gasteiger partial charge on any atom is -0.497 e. The van der Waals surface area contributed by atoms with E-state index in [-0.39, 0.29) is 6.42 Å². The molecule has 0 radical (unpaired) electrons. The number of aliphatic hydroxyl groups is 1. The van der Waals surface area contributed by atoms with Crippen LogP contribution in [-0.4, -0.2) is 58.6 Å². The third kappa shape index (κ3) is 7.00. The summed E-state index contributed by atoms with van der Waals surface area (Å²) in [7, 11) is 1.64. The number of ether oxygens (including phenoxy) is 1. The zero-order valence-electron chi connectivity index (χ0n) is 21.1. The maximum absolute atomic E-state index is 11.3. The Balaban J connectivity index is 1.36. The quantitative estimate of drug-likeness (QED) is 0.278. The van der Waals surface area contributed by atoms with Gasteiger partial charge in [-0.1, -0.05) is 0 Å². The standard InChI is InChI=1S/C28H36N2O4S2/c1-19-11-15-35-28(19)36-16-14-30-13-10-20(21(18-30)4-8-27(32)33)3-7-26(31)23-9-12-29-25-6-5-22(34-2)17-24(23)25/h5-6,9,11-12,15,17,20-21,26,31H,3-4,7-8,10,13-14,16,18H2,1-2H3,(H,32,33)/t20-,21-,26-/m1/s1. The molecule has 1 fully saturated rings. The first-order valence-corrected chi connectivity index (χ1v) is 14.5. The van der Waals surface area contributed by atoms with Crippen LogP contribution in [0.15, 0.2) is 46.1 Å². The lowest BCUT2D eigenvalue weighted by Crippen LogP contribution is -2.41. The first-order valence-electron chi connectivity index (χ1n) is 12.7. The van der Waals surface area contributed by atoms with Crippen LogP contribution in [0.4, 0.5) is 0 Å². The van der Waals surface area contributed by atoms with Crippen LogP contribution in [0.3, 0.4) is 0 Å². The molecule has 2 aromatic heterocycles. The predicted molar refractivity (Wildman–Crippen MR) is 147 cm³/mol. The van der Waals surface area contributed by atoms with Crippen molar-refractivity contribution in [3.8, 4) is 5.75 Å². The molecule has 2 N–H and O–H groups in total. The van der Waals surface area contributed by atoms with E-state index in [1.165, 1.54) is 9.77 Å². The summed E-state index contributed by atoms with van der Waals surface area (Å²) in [6.45, 7) is 5.15. The van der Waals surface area contributed by atoms with Gasteiger partial charge in [0.2, 0.25) is 0 Å². The smallest absolute Gasteiger partial charge is 0.303 e. The van der Waals surface area contributed by atoms with Crippen molar-refractivity contribution in [2.45, 2.75) is 49.3 Å². The SMILES string of the molecule is COc1ccc2nccc([C@H](O)CC[C@@H]3CCN(CCSc4sccc4C)C[C@H]3CCC(=O)O)c2c1. The molecule has 3 aromatic rings. The number of thiophene rings is 1. The van der Waals surface area contributed by atoms with Crippen LogP contribution in [0, 0.1) is 18.8 Å². The van der Waals surface area contributed by atoms with E-state index in [4.69, 9.17) is 4.74 Å². The van der Waals surface area contributed by atoms with Gasteiger partial charge in [-0.05, 0) is 97.8 Å². The van der Waals surface area contributed by atoms with Gasteiger partial charge in [-0.25, -0.2) is 0 Å². The number of likely N-dealkylation sites (tertiary alicyclic amines) is 1. The Hall–Kier alpha value is -2.13. The van der Waals surface area contributed by atoms with E-state index in [0.29, 0.717) is 24.7 Å². The number of nitrogens with zero attached hydrogens (tertiary/aromatic N) is 2. The third-order valence-corrected chi connectivity index (χ3v) is 9.73. The minimum absolute atomic E-state index is 0.204. The van der Waals surface area contributed by atoms with Gasteiger partial charge in [-0.2, -0.15) is 0 Å². The van der Waals surface area contributed by atoms with Gasteiger partial charge in [0, 0.05) is 36.8 Å². The highest BCUT2D eigenvalue weighted by molar-refractivity contribution is 8.01. The summed E-state index contributed by atoms with van der Waals surface area (Å²) in [6, 6.07) is 9.79. The van der Waals surface area contributed by atoms with E-state index >= 15 is 0 Å². The number of fused-ring (bicyclic) bond motifs is 1. The van der Waals surface area contributed by atoms with Crippen LogP contribution in [0.25, 0.3) is 10.9 Å². The summed E-state index contributed by atoms with van der Waals surface area (Å²) in [6.07, 6.45) is 4.64. The first kappa shape index (κ1) is 26.9. The van der Waals surface area contributed by atoms with E-state index in [1.807, 2.05) is 36.0 Å². The van der Waals surface area contributed by atoms with Gasteiger partial charge in [0.1, 0.15) is 5.75 Å². The van der Waals surface area contributed by atoms with Crippen LogP contribution in [0.1, 0.15) is 49.3 Å². The van der Waals surface area contributed by atoms with Crippen molar-refractivity contribution in [3.05, 3.63) is 53.0 Å². The highest BCUT2D eigenvalue weighted by atomic mass is 32.2. The number of thioether (sulfide) groups is 1. The largest absolute Gasteiger partial charge is 0.497 e. The molecule has 1 saturated heterocycles. The Morgan fingerprint density at radius 3 is 2.89 bits per heavy atom. The van der Waals surface area contributed by atoms with E-state index in [2.05, 4.69) is 28.3 Å². The fraction of sp³-hybridized carbons (Fsp3) is 0.500. The van der Waals surface area contributed by atoms with Gasteiger partial charge in [-0.15, -0.1) is 23.1 Å². The molecule has 194 valence electrons. The number of piperidine rings is 1. The first-order chi connectivity index (χ1) is 17.4. The molecular weight excluding hydrogens is 492 g/mol. The zero-order valence-corrected chi connectivity index (χ0v) is 22.7. The molecule has 1 aromatic carbocycles. The van der Waals surface area contributed by atoms with E-state index < -0.39 is 12.1 Å². The van der Waals surface area contributed by atoms with Crippen LogP contribution < -0.4 is 4.74 Å². The number of carbonyl (C=O) groups is 1. The van der Waals surface area contributed by atoms with Crippen LogP contribution in [0.2, 0.25) is 0 Å². The molecule has 1 aliphatic rings. The number of rotatable bonds is 12. The molecule has 0 saturated carbocycles. The van der Waals surface area contributed by atoms with Gasteiger partial charge in [-0.3, -0.25) is 9.78 Å². The summed E-state index contributed by atoms with van der Waals surface area (Å²) >= 11 is 3.72. The normalized spacial score (nSPS) is 19.4. The fourth-order valence-electron chi connectivity index (χ4n) is 5.24. The summed E-state index contributed by atoms with van der Waals surface area (Å²) in [4.78, 5) is 18.2. The Kier molecular flexibility index (Phi) is 9.65. The maximum Gasteiger partial charge on any atom is 0.303 e. The number of benzene rings is 1. The van der Waals surface area contributed by atoms with E-state index in [1.54, 1.807) is 24.6 Å². The molecule has 0 spiro atoms. The highest BCUT2D eigenvalue weighted by Crippen LogP contribution is 2.36. The molecule has 6 nitrogen and oxygen atoms in total. The van der Waals surface area contributed by atoms with Gasteiger partial charge in [0.15, 0.2) is 0 Å². The number of aliphatic hydroxyl groups excluding tert-OH is 1. The Morgan fingerprint density at radius 1 is 1.28 bits per heavy atom. The third-order valence-electron chi connectivity index (χ3n) is 7.31. The van der Waals surface area contributed by atoms with Crippen molar-refractivity contribution in [2.24, 2.45) is 11.8 Å². The Bertz CT molecular complexity index is 1150. The number of aliphatic carboxylic acids is 1. The van der Waals surface area contributed by atoms with Gasteiger partial charge < -0.3 is 19.8 Å². The van der Waals surface area contributed by atoms with Gasteiger partial charge in [0.25, 0.3) is 0 Å².